The van der Waals surface area contributed by atoms with Crippen LogP contribution in [0.1, 0.15) is 24.0 Å². The van der Waals surface area contributed by atoms with Crippen molar-refractivity contribution < 1.29 is 5.11 Å². The van der Waals surface area contributed by atoms with Gasteiger partial charge in [-0.3, -0.25) is 4.90 Å². The molecule has 0 bridgehead atoms. The van der Waals surface area contributed by atoms with E-state index in [1.807, 2.05) is 0 Å². The summed E-state index contributed by atoms with van der Waals surface area (Å²) in [5.74, 6) is 0. The van der Waals surface area contributed by atoms with E-state index in [2.05, 4.69) is 39.0 Å². The van der Waals surface area contributed by atoms with Gasteiger partial charge in [0.25, 0.3) is 0 Å². The number of unbranched alkanes of at least 4 members (excludes halogenated alkanes) is 1. The predicted molar refractivity (Wildman–Crippen MR) is 69.4 cm³/mol. The number of hydrogen-bond donors (Lipinski definition) is 1. The van der Waals surface area contributed by atoms with Gasteiger partial charge >= 0.3 is 0 Å². The average Bonchev–Trinajstić information content (AvgIpc) is 2.30. The second kappa shape index (κ2) is 5.80. The molecule has 0 aromatic heterocycles. The van der Waals surface area contributed by atoms with Crippen molar-refractivity contribution in [2.24, 2.45) is 0 Å². The van der Waals surface area contributed by atoms with Crippen LogP contribution in [0.3, 0.4) is 0 Å². The zero-order valence-electron chi connectivity index (χ0n) is 9.45. The summed E-state index contributed by atoms with van der Waals surface area (Å²) in [6.07, 6.45) is 3.15. The third-order valence-corrected chi connectivity index (χ3v) is 3.91. The van der Waals surface area contributed by atoms with Gasteiger partial charge in [0.15, 0.2) is 0 Å². The van der Waals surface area contributed by atoms with E-state index in [-0.39, 0.29) is 0 Å². The van der Waals surface area contributed by atoms with Gasteiger partial charge < -0.3 is 5.11 Å². The SMILES string of the molecule is OCCCCN1CCc2c(Br)cccc2C1. The van der Waals surface area contributed by atoms with E-state index in [1.54, 1.807) is 0 Å². The summed E-state index contributed by atoms with van der Waals surface area (Å²) >= 11 is 3.61. The fourth-order valence-electron chi connectivity index (χ4n) is 2.26. The minimum absolute atomic E-state index is 0.315. The lowest BCUT2D eigenvalue weighted by molar-refractivity contribution is 0.229. The number of fused-ring (bicyclic) bond motifs is 1. The average molecular weight is 284 g/mol. The Hall–Kier alpha value is -0.380. The molecule has 0 spiro atoms. The fourth-order valence-corrected chi connectivity index (χ4v) is 2.86. The Labute approximate surface area is 105 Å². The predicted octanol–water partition coefficient (Wildman–Crippen LogP) is 2.58. The van der Waals surface area contributed by atoms with Gasteiger partial charge in [-0.15, -0.1) is 0 Å². The summed E-state index contributed by atoms with van der Waals surface area (Å²) in [5.41, 5.74) is 2.92. The van der Waals surface area contributed by atoms with Crippen molar-refractivity contribution in [3.05, 3.63) is 33.8 Å². The van der Waals surface area contributed by atoms with Gasteiger partial charge in [-0.05, 0) is 43.0 Å². The second-order valence-electron chi connectivity index (χ2n) is 4.33. The highest BCUT2D eigenvalue weighted by atomic mass is 79.9. The highest BCUT2D eigenvalue weighted by Crippen LogP contribution is 2.26. The first-order valence-electron chi connectivity index (χ1n) is 5.91. The van der Waals surface area contributed by atoms with Gasteiger partial charge in [0.05, 0.1) is 0 Å². The van der Waals surface area contributed by atoms with Crippen LogP contribution < -0.4 is 0 Å². The number of nitrogens with zero attached hydrogens (tertiary/aromatic N) is 1. The van der Waals surface area contributed by atoms with Crippen molar-refractivity contribution in [3.63, 3.8) is 0 Å². The normalized spacial score (nSPS) is 16.1. The molecule has 88 valence electrons. The molecule has 1 N–H and O–H groups in total. The van der Waals surface area contributed by atoms with Crippen molar-refractivity contribution in [2.75, 3.05) is 19.7 Å². The van der Waals surface area contributed by atoms with Crippen molar-refractivity contribution in [3.8, 4) is 0 Å². The Balaban J connectivity index is 1.96. The van der Waals surface area contributed by atoms with Crippen LogP contribution in [0, 0.1) is 0 Å². The molecule has 1 aliphatic rings. The van der Waals surface area contributed by atoms with Crippen molar-refractivity contribution in [1.82, 2.24) is 4.90 Å². The Morgan fingerprint density at radius 3 is 3.00 bits per heavy atom. The lowest BCUT2D eigenvalue weighted by Gasteiger charge is -2.29. The quantitative estimate of drug-likeness (QED) is 0.859. The molecular formula is C13H18BrNO. The molecule has 0 saturated carbocycles. The minimum Gasteiger partial charge on any atom is -0.396 e. The number of aliphatic hydroxyl groups excluding tert-OH is 1. The van der Waals surface area contributed by atoms with E-state index in [4.69, 9.17) is 5.11 Å². The van der Waals surface area contributed by atoms with Crippen LogP contribution in [0.5, 0.6) is 0 Å². The molecule has 0 fully saturated rings. The molecule has 2 rings (SSSR count). The minimum atomic E-state index is 0.315. The van der Waals surface area contributed by atoms with Crippen molar-refractivity contribution in [2.45, 2.75) is 25.8 Å². The molecule has 1 aromatic carbocycles. The number of rotatable bonds is 4. The van der Waals surface area contributed by atoms with Crippen molar-refractivity contribution in [1.29, 1.82) is 0 Å². The molecular weight excluding hydrogens is 266 g/mol. The van der Waals surface area contributed by atoms with Gasteiger partial charge in [0.1, 0.15) is 0 Å². The van der Waals surface area contributed by atoms with Crippen LogP contribution in [0.25, 0.3) is 0 Å². The molecule has 1 heterocycles. The molecule has 2 nitrogen and oxygen atoms in total. The fraction of sp³-hybridized carbons (Fsp3) is 0.538. The maximum Gasteiger partial charge on any atom is 0.0431 e. The summed E-state index contributed by atoms with van der Waals surface area (Å²) < 4.78 is 1.25. The largest absolute Gasteiger partial charge is 0.396 e. The highest BCUT2D eigenvalue weighted by molar-refractivity contribution is 9.10. The third-order valence-electron chi connectivity index (χ3n) is 3.17. The van der Waals surface area contributed by atoms with Crippen molar-refractivity contribution >= 4 is 15.9 Å². The Morgan fingerprint density at radius 1 is 1.31 bits per heavy atom. The highest BCUT2D eigenvalue weighted by Gasteiger charge is 2.16. The van der Waals surface area contributed by atoms with Gasteiger partial charge in [-0.1, -0.05) is 28.1 Å². The van der Waals surface area contributed by atoms with Crippen LogP contribution in [0.4, 0.5) is 0 Å². The summed E-state index contributed by atoms with van der Waals surface area (Å²) in [5, 5.41) is 8.77. The van der Waals surface area contributed by atoms with E-state index < -0.39 is 0 Å². The molecule has 0 amide bonds. The topological polar surface area (TPSA) is 23.5 Å². The molecule has 16 heavy (non-hydrogen) atoms. The second-order valence-corrected chi connectivity index (χ2v) is 5.19. The molecule has 1 aliphatic heterocycles. The number of benzene rings is 1. The lowest BCUT2D eigenvalue weighted by Crippen LogP contribution is -2.31. The number of halogens is 1. The molecule has 0 saturated heterocycles. The van der Waals surface area contributed by atoms with Gasteiger partial charge in [0, 0.05) is 24.2 Å². The monoisotopic (exact) mass is 283 g/mol. The van der Waals surface area contributed by atoms with E-state index in [0.717, 1.165) is 38.9 Å². The molecule has 0 aliphatic carbocycles. The van der Waals surface area contributed by atoms with Crippen LogP contribution in [0.2, 0.25) is 0 Å². The van der Waals surface area contributed by atoms with E-state index >= 15 is 0 Å². The maximum atomic E-state index is 8.77. The molecule has 3 heteroatoms. The first-order chi connectivity index (χ1) is 7.81. The first-order valence-corrected chi connectivity index (χ1v) is 6.70. The smallest absolute Gasteiger partial charge is 0.0431 e. The first kappa shape index (κ1) is 12.1. The molecule has 0 unspecified atom stereocenters. The van der Waals surface area contributed by atoms with Gasteiger partial charge in [0.2, 0.25) is 0 Å². The maximum absolute atomic E-state index is 8.77. The summed E-state index contributed by atoms with van der Waals surface area (Å²) in [7, 11) is 0. The summed E-state index contributed by atoms with van der Waals surface area (Å²) in [4.78, 5) is 2.48. The van der Waals surface area contributed by atoms with Crippen LogP contribution >= 0.6 is 15.9 Å². The van der Waals surface area contributed by atoms with Gasteiger partial charge in [-0.25, -0.2) is 0 Å². The standard InChI is InChI=1S/C13H18BrNO/c14-13-5-3-4-11-10-15(7-1-2-9-16)8-6-12(11)13/h3-5,16H,1-2,6-10H2. The number of hydrogen-bond acceptors (Lipinski definition) is 2. The van der Waals surface area contributed by atoms with Crippen LogP contribution in [-0.2, 0) is 13.0 Å². The van der Waals surface area contributed by atoms with Crippen LogP contribution in [-0.4, -0.2) is 29.7 Å². The molecule has 0 radical (unpaired) electrons. The Kier molecular flexibility index (Phi) is 4.38. The van der Waals surface area contributed by atoms with E-state index in [0.29, 0.717) is 6.61 Å². The van der Waals surface area contributed by atoms with E-state index in [9.17, 15) is 0 Å². The molecule has 0 atom stereocenters. The van der Waals surface area contributed by atoms with E-state index in [1.165, 1.54) is 15.6 Å². The zero-order chi connectivity index (χ0) is 11.4. The Bertz CT molecular complexity index is 354. The van der Waals surface area contributed by atoms with Crippen LogP contribution in [0.15, 0.2) is 22.7 Å². The zero-order valence-corrected chi connectivity index (χ0v) is 11.0. The number of aliphatic hydroxyl groups is 1. The van der Waals surface area contributed by atoms with Gasteiger partial charge in [-0.2, -0.15) is 0 Å². The molecule has 1 aromatic rings. The third kappa shape index (κ3) is 2.84. The summed E-state index contributed by atoms with van der Waals surface area (Å²) in [6, 6.07) is 6.46. The summed E-state index contributed by atoms with van der Waals surface area (Å²) in [6.45, 7) is 3.61. The Morgan fingerprint density at radius 2 is 2.19 bits per heavy atom. The lowest BCUT2D eigenvalue weighted by atomic mass is 10.00.